The summed E-state index contributed by atoms with van der Waals surface area (Å²) in [5, 5.41) is 22.2. The number of aromatic hydroxyl groups is 1. The van der Waals surface area contributed by atoms with E-state index in [1.807, 2.05) is 0 Å². The molecule has 2 rings (SSSR count). The summed E-state index contributed by atoms with van der Waals surface area (Å²) < 4.78 is 1.71. The van der Waals surface area contributed by atoms with E-state index in [1.165, 1.54) is 12.3 Å². The number of hydrogen-bond acceptors (Lipinski definition) is 4. The van der Waals surface area contributed by atoms with Crippen molar-refractivity contribution in [2.75, 3.05) is 6.61 Å². The fourth-order valence-corrected chi connectivity index (χ4v) is 1.73. The zero-order valence-electron chi connectivity index (χ0n) is 11.3. The highest BCUT2D eigenvalue weighted by atomic mass is 16.3. The predicted octanol–water partition coefficient (Wildman–Crippen LogP) is 0.436. The van der Waals surface area contributed by atoms with Gasteiger partial charge in [0, 0.05) is 11.6 Å². The van der Waals surface area contributed by atoms with Crippen molar-refractivity contribution in [3.8, 4) is 5.75 Å². The van der Waals surface area contributed by atoms with Crippen LogP contribution in [0.5, 0.6) is 5.75 Å². The van der Waals surface area contributed by atoms with Crippen molar-refractivity contribution in [1.29, 1.82) is 0 Å². The third-order valence-electron chi connectivity index (χ3n) is 2.79. The number of aliphatic hydroxyl groups excluding tert-OH is 1. The van der Waals surface area contributed by atoms with E-state index in [4.69, 9.17) is 5.11 Å². The maximum Gasteiger partial charge on any atom is 0.277 e. The van der Waals surface area contributed by atoms with Crippen LogP contribution >= 0.6 is 0 Å². The van der Waals surface area contributed by atoms with Crippen LogP contribution in [-0.2, 0) is 6.54 Å². The molecule has 6 heteroatoms. The second-order valence-corrected chi connectivity index (χ2v) is 4.31. The van der Waals surface area contributed by atoms with Gasteiger partial charge in [-0.25, -0.2) is 9.99 Å². The highest BCUT2D eigenvalue weighted by Gasteiger charge is 2.09. The zero-order valence-corrected chi connectivity index (χ0v) is 11.3. The Hall–Kier alpha value is -2.73. The summed E-state index contributed by atoms with van der Waals surface area (Å²) in [7, 11) is 0. The van der Waals surface area contributed by atoms with E-state index in [1.54, 1.807) is 47.3 Å². The molecule has 0 aliphatic carbocycles. The molecule has 21 heavy (non-hydrogen) atoms. The molecule has 0 aliphatic rings. The number of phenolic OH excluding ortho intramolecular Hbond substituents is 1. The second kappa shape index (κ2) is 7.16. The zero-order chi connectivity index (χ0) is 15.1. The van der Waals surface area contributed by atoms with Crippen molar-refractivity contribution in [2.24, 2.45) is 5.10 Å². The quantitative estimate of drug-likeness (QED) is 0.423. The van der Waals surface area contributed by atoms with E-state index in [0.29, 0.717) is 17.7 Å². The molecule has 0 bridgehead atoms. The molecule has 0 fully saturated rings. The van der Waals surface area contributed by atoms with Gasteiger partial charge in [0.2, 0.25) is 0 Å². The van der Waals surface area contributed by atoms with E-state index in [9.17, 15) is 9.90 Å². The lowest BCUT2D eigenvalue weighted by atomic mass is 10.2. The van der Waals surface area contributed by atoms with Gasteiger partial charge in [-0.3, -0.25) is 4.79 Å². The number of phenols is 1. The van der Waals surface area contributed by atoms with Gasteiger partial charge in [0.05, 0.1) is 6.21 Å². The normalized spacial score (nSPS) is 10.7. The van der Waals surface area contributed by atoms with Gasteiger partial charge in [0.1, 0.15) is 17.9 Å². The highest BCUT2D eigenvalue weighted by molar-refractivity contribution is 5.94. The first kappa shape index (κ1) is 14.7. The molecule has 0 saturated heterocycles. The summed E-state index contributed by atoms with van der Waals surface area (Å²) >= 11 is 0. The average Bonchev–Trinajstić information content (AvgIpc) is 2.50. The molecule has 6 nitrogen and oxygen atoms in total. The van der Waals surface area contributed by atoms with Crippen LogP contribution in [0.3, 0.4) is 0 Å². The van der Waals surface area contributed by atoms with Crippen molar-refractivity contribution in [3.63, 3.8) is 0 Å². The first-order valence-electron chi connectivity index (χ1n) is 6.42. The third-order valence-corrected chi connectivity index (χ3v) is 2.79. The monoisotopic (exact) mass is 286 g/mol. The number of aromatic nitrogens is 1. The van der Waals surface area contributed by atoms with E-state index < -0.39 is 0 Å². The molecule has 0 unspecified atom stereocenters. The summed E-state index contributed by atoms with van der Waals surface area (Å²) in [4.78, 5) is 11.9. The number of nitrogens with zero attached hydrogens (tertiary/aromatic N) is 2. The SMILES string of the molecule is O=C(NN=Cc1ccccc1O)c1ccc[n+](CCO)c1. The van der Waals surface area contributed by atoms with Gasteiger partial charge in [-0.1, -0.05) is 12.1 Å². The van der Waals surface area contributed by atoms with Crippen molar-refractivity contribution in [1.82, 2.24) is 5.43 Å². The molecule has 1 aromatic heterocycles. The number of para-hydroxylation sites is 1. The fourth-order valence-electron chi connectivity index (χ4n) is 1.73. The Morgan fingerprint density at radius 1 is 1.29 bits per heavy atom. The van der Waals surface area contributed by atoms with Crippen LogP contribution < -0.4 is 9.99 Å². The molecule has 0 atom stereocenters. The number of pyridine rings is 1. The topological polar surface area (TPSA) is 85.8 Å². The molecule has 0 radical (unpaired) electrons. The van der Waals surface area contributed by atoms with Gasteiger partial charge in [-0.2, -0.15) is 5.10 Å². The second-order valence-electron chi connectivity index (χ2n) is 4.31. The Bertz CT molecular complexity index is 656. The van der Waals surface area contributed by atoms with Crippen LogP contribution in [0.25, 0.3) is 0 Å². The molecular formula is C15H16N3O3+. The largest absolute Gasteiger partial charge is 0.507 e. The molecule has 108 valence electrons. The summed E-state index contributed by atoms with van der Waals surface area (Å²) in [5.41, 5.74) is 3.33. The molecule has 1 aromatic carbocycles. The lowest BCUT2D eigenvalue weighted by Crippen LogP contribution is -2.36. The number of hydrazone groups is 1. The molecule has 0 aliphatic heterocycles. The Labute approximate surface area is 122 Å². The number of rotatable bonds is 5. The maximum atomic E-state index is 11.9. The van der Waals surface area contributed by atoms with Crippen LogP contribution in [-0.4, -0.2) is 28.9 Å². The van der Waals surface area contributed by atoms with Crippen molar-refractivity contribution in [3.05, 3.63) is 59.9 Å². The molecule has 1 heterocycles. The number of carbonyl (C=O) groups is 1. The predicted molar refractivity (Wildman–Crippen MR) is 76.9 cm³/mol. The summed E-state index contributed by atoms with van der Waals surface area (Å²) in [6.45, 7) is 0.420. The molecule has 2 aromatic rings. The fraction of sp³-hybridized carbons (Fsp3) is 0.133. The number of nitrogens with one attached hydrogen (secondary N) is 1. The first-order valence-corrected chi connectivity index (χ1v) is 6.42. The van der Waals surface area contributed by atoms with Crippen molar-refractivity contribution in [2.45, 2.75) is 6.54 Å². The number of hydrogen-bond donors (Lipinski definition) is 3. The number of benzene rings is 1. The van der Waals surface area contributed by atoms with Crippen LogP contribution in [0.4, 0.5) is 0 Å². The number of carbonyl (C=O) groups excluding carboxylic acids is 1. The Balaban J connectivity index is 2.02. The lowest BCUT2D eigenvalue weighted by molar-refractivity contribution is -0.698. The van der Waals surface area contributed by atoms with E-state index in [-0.39, 0.29) is 18.3 Å². The maximum absolute atomic E-state index is 11.9. The first-order chi connectivity index (χ1) is 10.2. The van der Waals surface area contributed by atoms with Gasteiger partial charge in [0.15, 0.2) is 18.9 Å². The van der Waals surface area contributed by atoms with Gasteiger partial charge >= 0.3 is 0 Å². The van der Waals surface area contributed by atoms with Gasteiger partial charge < -0.3 is 10.2 Å². The minimum atomic E-state index is -0.367. The van der Waals surface area contributed by atoms with Crippen molar-refractivity contribution >= 4 is 12.1 Å². The minimum absolute atomic E-state index is 0.00117. The van der Waals surface area contributed by atoms with Gasteiger partial charge in [-0.15, -0.1) is 0 Å². The number of amides is 1. The van der Waals surface area contributed by atoms with E-state index in [2.05, 4.69) is 10.5 Å². The van der Waals surface area contributed by atoms with Crippen molar-refractivity contribution < 1.29 is 19.6 Å². The van der Waals surface area contributed by atoms with Crippen LogP contribution in [0.15, 0.2) is 53.9 Å². The Morgan fingerprint density at radius 2 is 2.10 bits per heavy atom. The smallest absolute Gasteiger partial charge is 0.277 e. The highest BCUT2D eigenvalue weighted by Crippen LogP contribution is 2.12. The summed E-state index contributed by atoms with van der Waals surface area (Å²) in [5.74, 6) is -0.273. The molecule has 3 N–H and O–H groups in total. The van der Waals surface area contributed by atoms with Crippen LogP contribution in [0.2, 0.25) is 0 Å². The minimum Gasteiger partial charge on any atom is -0.507 e. The molecule has 0 saturated carbocycles. The lowest BCUT2D eigenvalue weighted by Gasteiger charge is -2.00. The van der Waals surface area contributed by atoms with Crippen LogP contribution in [0.1, 0.15) is 15.9 Å². The summed E-state index contributed by atoms with van der Waals surface area (Å²) in [6.07, 6.45) is 4.76. The van der Waals surface area contributed by atoms with E-state index in [0.717, 1.165) is 0 Å². The molecular weight excluding hydrogens is 270 g/mol. The molecule has 0 spiro atoms. The molecule has 1 amide bonds. The Kier molecular flexibility index (Phi) is 5.00. The van der Waals surface area contributed by atoms with Crippen LogP contribution in [0, 0.1) is 0 Å². The summed E-state index contributed by atoms with van der Waals surface area (Å²) in [6, 6.07) is 10.1. The van der Waals surface area contributed by atoms with Gasteiger partial charge in [-0.05, 0) is 18.2 Å². The van der Waals surface area contributed by atoms with E-state index >= 15 is 0 Å². The average molecular weight is 286 g/mol. The van der Waals surface area contributed by atoms with Gasteiger partial charge in [0.25, 0.3) is 5.91 Å². The standard InChI is InChI=1S/C15H15N3O3/c19-9-8-18-7-3-5-13(11-18)15(21)17-16-10-12-4-1-2-6-14(12)20/h1-7,10-11,19H,8-9H2,(H-,16,17,20,21)/p+1. The third kappa shape index (κ3) is 4.12. The number of aliphatic hydroxyl groups is 1. The Morgan fingerprint density at radius 3 is 2.86 bits per heavy atom.